The zero-order chi connectivity index (χ0) is 87.8. The third-order valence-electron chi connectivity index (χ3n) is 21.0. The molecular formula is C79H95F6N29O10. The molecule has 4 fully saturated rings. The Morgan fingerprint density at radius 1 is 0.395 bits per heavy atom. The molecule has 0 atom stereocenters. The van der Waals surface area contributed by atoms with Gasteiger partial charge in [-0.05, 0) is 168 Å². The van der Waals surface area contributed by atoms with Gasteiger partial charge in [0.25, 0.3) is 0 Å². The zero-order valence-corrected chi connectivity index (χ0v) is 67.2. The van der Waals surface area contributed by atoms with Crippen molar-refractivity contribution in [1.82, 2.24) is 69.4 Å². The van der Waals surface area contributed by atoms with E-state index in [0.29, 0.717) is 86.9 Å². The van der Waals surface area contributed by atoms with Gasteiger partial charge in [0.05, 0.1) is 44.5 Å². The summed E-state index contributed by atoms with van der Waals surface area (Å²) in [5.74, 6) is 2.99. The smallest absolute Gasteiger partial charge is 0.405 e. The van der Waals surface area contributed by atoms with Gasteiger partial charge in [-0.15, -0.1) is 26.3 Å². The van der Waals surface area contributed by atoms with Crippen molar-refractivity contribution in [3.8, 4) is 11.5 Å². The number of benzene rings is 2. The zero-order valence-electron chi connectivity index (χ0n) is 67.2. The molecule has 45 heteroatoms. The second kappa shape index (κ2) is 45.2. The number of hydrogen-bond donors (Lipinski definition) is 11. The largest absolute Gasteiger partial charge is 0.573 e. The minimum atomic E-state index is -4.83. The van der Waals surface area contributed by atoms with Gasteiger partial charge >= 0.3 is 35.5 Å². The minimum Gasteiger partial charge on any atom is -0.405 e. The fourth-order valence-corrected chi connectivity index (χ4v) is 14.3. The van der Waals surface area contributed by atoms with Crippen molar-refractivity contribution in [1.29, 1.82) is 0 Å². The Hall–Kier alpha value is -13.8. The molecule has 0 saturated heterocycles. The van der Waals surface area contributed by atoms with Gasteiger partial charge in [-0.2, -0.15) is 19.9 Å². The molecular weight excluding hydrogens is 1630 g/mol. The molecule has 0 aliphatic heterocycles. The van der Waals surface area contributed by atoms with Crippen molar-refractivity contribution < 1.29 is 55.5 Å². The lowest BCUT2D eigenvalue weighted by Crippen LogP contribution is -2.29. The van der Waals surface area contributed by atoms with Crippen molar-refractivity contribution in [2.45, 2.75) is 166 Å². The summed E-state index contributed by atoms with van der Waals surface area (Å²) in [6.07, 6.45) is 26.1. The van der Waals surface area contributed by atoms with E-state index in [1.54, 1.807) is 55.5 Å². The Balaban J connectivity index is 0.000000163. The Morgan fingerprint density at radius 2 is 0.790 bits per heavy atom. The molecule has 39 nitrogen and oxygen atoms in total. The number of nitrogens with one attached hydrogen (secondary N) is 9. The maximum Gasteiger partial charge on any atom is 0.573 e. The second-order valence-corrected chi connectivity index (χ2v) is 29.9. The summed E-state index contributed by atoms with van der Waals surface area (Å²) in [6.45, 7) is 3.04. The summed E-state index contributed by atoms with van der Waals surface area (Å²) >= 11 is 0. The molecule has 4 aliphatic rings. The number of nitro groups is 4. The summed E-state index contributed by atoms with van der Waals surface area (Å²) in [4.78, 5) is 96.7. The number of alkyl halides is 6. The fraction of sp³-hybridized carbons (Fsp3) is 0.430. The Labute approximate surface area is 706 Å². The van der Waals surface area contributed by atoms with E-state index in [9.17, 15) is 66.8 Å². The SMILES string of the molecule is NC1CCC(CNc2nc(NCc3ccncc3)ncc2[N+](=O)[O-])CC1.NC1CCC(CNc2nc(NCc3cnccn3)ncc2[N+](=O)[O-])CC1.O=[N+]([O-])c1cnc(NCc2ccccc2OC(F)(F)F)nc1NCC1CCC(Nc2ccccn2)CC1.O=[N+]([O-])c1cnc(NCc2ccccc2OC(F)(F)F)nc1NCC1CCC(n2ccnc2)CC1. The van der Waals surface area contributed by atoms with Crippen LogP contribution in [0.1, 0.15) is 131 Å². The summed E-state index contributed by atoms with van der Waals surface area (Å²) in [5.41, 5.74) is 13.2. The highest BCUT2D eigenvalue weighted by Gasteiger charge is 2.35. The first-order chi connectivity index (χ1) is 59.8. The molecule has 14 rings (SSSR count). The van der Waals surface area contributed by atoms with Crippen molar-refractivity contribution in [2.24, 2.45) is 35.1 Å². The predicted molar refractivity (Wildman–Crippen MR) is 447 cm³/mol. The van der Waals surface area contributed by atoms with Crippen LogP contribution in [-0.2, 0) is 26.2 Å². The van der Waals surface area contributed by atoms with E-state index in [4.69, 9.17) is 11.5 Å². The van der Waals surface area contributed by atoms with E-state index in [0.717, 1.165) is 132 Å². The van der Waals surface area contributed by atoms with Crippen LogP contribution in [0.2, 0.25) is 0 Å². The Bertz CT molecular complexity index is 4890. The van der Waals surface area contributed by atoms with E-state index >= 15 is 0 Å². The molecule has 0 unspecified atom stereocenters. The van der Waals surface area contributed by atoms with Crippen LogP contribution in [0.15, 0.2) is 160 Å². The number of imidazole rings is 1. The van der Waals surface area contributed by atoms with Crippen LogP contribution in [0.5, 0.6) is 11.5 Å². The number of rotatable bonds is 33. The molecule has 10 aromatic rings. The van der Waals surface area contributed by atoms with Gasteiger partial charge < -0.3 is 73.4 Å². The van der Waals surface area contributed by atoms with Crippen LogP contribution in [0.4, 0.5) is 102 Å². The summed E-state index contributed by atoms with van der Waals surface area (Å²) < 4.78 is 86.1. The Kier molecular flexibility index (Phi) is 33.2. The molecule has 658 valence electrons. The molecule has 13 N–H and O–H groups in total. The number of para-hydroxylation sites is 2. The first-order valence-corrected chi connectivity index (χ1v) is 40.2. The third kappa shape index (κ3) is 29.6. The van der Waals surface area contributed by atoms with Crippen LogP contribution in [0.25, 0.3) is 0 Å². The van der Waals surface area contributed by atoms with Crippen molar-refractivity contribution in [2.75, 3.05) is 74.0 Å². The maximum absolute atomic E-state index is 12.7. The highest BCUT2D eigenvalue weighted by Crippen LogP contribution is 2.37. The van der Waals surface area contributed by atoms with Crippen LogP contribution < -0.4 is 68.8 Å². The van der Waals surface area contributed by atoms with E-state index in [2.05, 4.69) is 127 Å². The molecule has 4 aliphatic carbocycles. The molecule has 0 radical (unpaired) electrons. The van der Waals surface area contributed by atoms with Gasteiger partial charge in [0.15, 0.2) is 0 Å². The lowest BCUT2D eigenvalue weighted by Gasteiger charge is -2.29. The maximum atomic E-state index is 12.7. The van der Waals surface area contributed by atoms with Crippen LogP contribution >= 0.6 is 0 Å². The van der Waals surface area contributed by atoms with Gasteiger partial charge in [0.2, 0.25) is 47.1 Å². The molecule has 4 saturated carbocycles. The van der Waals surface area contributed by atoms with E-state index in [1.807, 2.05) is 42.9 Å². The summed E-state index contributed by atoms with van der Waals surface area (Å²) in [5, 5.41) is 73.0. The van der Waals surface area contributed by atoms with Crippen LogP contribution in [0, 0.1) is 64.1 Å². The number of aromatic nitrogens is 14. The van der Waals surface area contributed by atoms with E-state index < -0.39 is 32.4 Å². The standard InChI is InChI=1S/C24H26F3N7O3.C22H24F3N7O3.C17H23N7O2.C16H22N8O2/c25-24(26,27)37-20-6-2-1-5-17(20)14-30-23-31-15-19(34(35)36)22(33-23)29-13-16-8-10-18(11-9-16)32-21-7-3-4-12-28-21;23-22(24,25)35-19-4-2-1-3-16(19)12-28-21-29-13-18(32(33)34)20(30-21)27-11-15-5-7-17(8-6-15)31-10-9-26-14-31;18-14-3-1-12(2-4-14)9-20-16-15(24(25)26)11-22-17(23-16)21-10-13-5-7-19-8-6-13;17-12-3-1-11(2-4-12)7-20-15-14(24(25)26)10-22-16(23-15)21-9-13-8-18-5-6-19-13/h1-7,12,15-16,18H,8-11,13-14H2,(H,28,32)(H2,29,30,31,33);1-4,9-10,13-15,17H,5-8,11-12H2,(H2,27,28,29,30);5-8,11-12,14H,1-4,9-10,18H2,(H2,20,21,22,23);5-6,8,10-12H,1-4,7,9,17H2,(H2,20,21,22,23). The van der Waals surface area contributed by atoms with Crippen LogP contribution in [0.3, 0.4) is 0 Å². The lowest BCUT2D eigenvalue weighted by molar-refractivity contribution is -0.384. The normalized spacial score (nSPS) is 18.6. The first kappa shape index (κ1) is 91.0. The number of hydrogen-bond acceptors (Lipinski definition) is 34. The van der Waals surface area contributed by atoms with Gasteiger partial charge in [0.1, 0.15) is 42.1 Å². The molecule has 0 spiro atoms. The molecule has 0 amide bonds. The monoisotopic (exact) mass is 1720 g/mol. The molecule has 2 aromatic carbocycles. The third-order valence-corrected chi connectivity index (χ3v) is 21.0. The number of pyridine rings is 2. The molecule has 124 heavy (non-hydrogen) atoms. The van der Waals surface area contributed by atoms with Gasteiger partial charge in [-0.1, -0.05) is 42.5 Å². The van der Waals surface area contributed by atoms with Crippen molar-refractivity contribution in [3.05, 3.63) is 222 Å². The Morgan fingerprint density at radius 3 is 1.17 bits per heavy atom. The number of halogens is 6. The second-order valence-electron chi connectivity index (χ2n) is 29.9. The number of nitrogens with zero attached hydrogens (tertiary/aromatic N) is 18. The van der Waals surface area contributed by atoms with E-state index in [1.165, 1.54) is 48.8 Å². The highest BCUT2D eigenvalue weighted by molar-refractivity contribution is 5.60. The number of ether oxygens (including phenoxy) is 2. The quantitative estimate of drug-likeness (QED) is 0.0103. The van der Waals surface area contributed by atoms with Gasteiger partial charge in [-0.3, -0.25) is 55.4 Å². The number of nitrogens with two attached hydrogens (primary N) is 2. The van der Waals surface area contributed by atoms with Crippen molar-refractivity contribution >= 4 is 75.6 Å². The van der Waals surface area contributed by atoms with E-state index in [-0.39, 0.29) is 106 Å². The van der Waals surface area contributed by atoms with Crippen molar-refractivity contribution in [3.63, 3.8) is 0 Å². The predicted octanol–water partition coefficient (Wildman–Crippen LogP) is 14.3. The average Bonchev–Trinajstić information content (AvgIpc) is 1.15. The number of anilines is 9. The molecule has 8 heterocycles. The van der Waals surface area contributed by atoms with Gasteiger partial charge in [-0.25, -0.2) is 29.9 Å². The summed E-state index contributed by atoms with van der Waals surface area (Å²) in [7, 11) is 0. The molecule has 0 bridgehead atoms. The highest BCUT2D eigenvalue weighted by atomic mass is 19.4. The van der Waals surface area contributed by atoms with Gasteiger partial charge in [0, 0.05) is 124 Å². The lowest BCUT2D eigenvalue weighted by atomic mass is 9.86. The topological polar surface area (TPSA) is 524 Å². The fourth-order valence-electron chi connectivity index (χ4n) is 14.3. The average molecular weight is 1720 g/mol. The minimum absolute atomic E-state index is 0.0400. The molecule has 8 aromatic heterocycles. The first-order valence-electron chi connectivity index (χ1n) is 40.2. The summed E-state index contributed by atoms with van der Waals surface area (Å²) in [6, 6.07) is 22.1. The van der Waals surface area contributed by atoms with Crippen LogP contribution in [-0.4, -0.2) is 146 Å².